The van der Waals surface area contributed by atoms with E-state index in [4.69, 9.17) is 14.2 Å². The highest BCUT2D eigenvalue weighted by Crippen LogP contribution is 2.33. The third-order valence-electron chi connectivity index (χ3n) is 4.49. The molecule has 4 rings (SSSR count). The van der Waals surface area contributed by atoms with E-state index in [0.29, 0.717) is 17.2 Å². The quantitative estimate of drug-likeness (QED) is 0.612. The highest BCUT2D eigenvalue weighted by atomic mass is 16.7. The maximum atomic E-state index is 12.9. The molecule has 2 aromatic rings. The smallest absolute Gasteiger partial charge is 0.335 e. The standard InChI is InChI=1S/C20H17N3O6/c1-27-15-5-3-2-4-14(15)23-19(25)13(18(24)22-20(23)26)10-21-9-12-6-7-16-17(8-12)29-11-28-16/h2-8,10,13H,9,11H2,1H3,(H,22,24,26)/t13-/m0/s1. The van der Waals surface area contributed by atoms with Crippen LogP contribution in [0.4, 0.5) is 10.5 Å². The number of carbonyl (C=O) groups excluding carboxylic acids is 3. The zero-order valence-electron chi connectivity index (χ0n) is 15.5. The molecule has 0 saturated carbocycles. The van der Waals surface area contributed by atoms with Gasteiger partial charge in [-0.05, 0) is 29.8 Å². The Bertz CT molecular complexity index is 1020. The van der Waals surface area contributed by atoms with Crippen LogP contribution in [0.2, 0.25) is 0 Å². The number of para-hydroxylation sites is 2. The number of ether oxygens (including phenoxy) is 3. The first-order valence-corrected chi connectivity index (χ1v) is 8.79. The molecule has 2 aliphatic rings. The number of carbonyl (C=O) groups is 3. The van der Waals surface area contributed by atoms with Gasteiger partial charge in [-0.2, -0.15) is 0 Å². The molecule has 4 amide bonds. The molecule has 2 heterocycles. The van der Waals surface area contributed by atoms with Crippen LogP contribution in [0.1, 0.15) is 5.56 Å². The number of imide groups is 2. The summed E-state index contributed by atoms with van der Waals surface area (Å²) in [6.45, 7) is 0.405. The summed E-state index contributed by atoms with van der Waals surface area (Å²) < 4.78 is 15.8. The molecule has 9 nitrogen and oxygen atoms in total. The van der Waals surface area contributed by atoms with E-state index < -0.39 is 23.8 Å². The number of nitrogens with zero attached hydrogens (tertiary/aromatic N) is 2. The molecule has 9 heteroatoms. The van der Waals surface area contributed by atoms with Crippen LogP contribution in [-0.2, 0) is 16.1 Å². The number of hydrogen-bond donors (Lipinski definition) is 1. The minimum Gasteiger partial charge on any atom is -0.495 e. The molecular formula is C20H17N3O6. The lowest BCUT2D eigenvalue weighted by atomic mass is 10.1. The minimum absolute atomic E-state index is 0.172. The summed E-state index contributed by atoms with van der Waals surface area (Å²) in [6.07, 6.45) is 1.25. The molecule has 2 aromatic carbocycles. The first-order chi connectivity index (χ1) is 14.1. The van der Waals surface area contributed by atoms with E-state index in [1.807, 2.05) is 6.07 Å². The van der Waals surface area contributed by atoms with Crippen LogP contribution < -0.4 is 24.4 Å². The van der Waals surface area contributed by atoms with Gasteiger partial charge in [0.15, 0.2) is 17.4 Å². The average Bonchev–Trinajstić information content (AvgIpc) is 3.18. The normalized spacial score (nSPS) is 18.3. The van der Waals surface area contributed by atoms with E-state index in [1.165, 1.54) is 13.3 Å². The Morgan fingerprint density at radius 3 is 2.79 bits per heavy atom. The highest BCUT2D eigenvalue weighted by molar-refractivity contribution is 6.32. The number of aliphatic imine (C=N–C) groups is 1. The largest absolute Gasteiger partial charge is 0.495 e. The van der Waals surface area contributed by atoms with Crippen LogP contribution in [0.5, 0.6) is 17.2 Å². The molecule has 148 valence electrons. The van der Waals surface area contributed by atoms with Gasteiger partial charge in [-0.25, -0.2) is 9.69 Å². The number of benzene rings is 2. The Hall–Kier alpha value is -3.88. The number of rotatable bonds is 5. The van der Waals surface area contributed by atoms with Gasteiger partial charge in [-0.15, -0.1) is 0 Å². The van der Waals surface area contributed by atoms with E-state index in [9.17, 15) is 14.4 Å². The van der Waals surface area contributed by atoms with Crippen molar-refractivity contribution >= 4 is 29.7 Å². The van der Waals surface area contributed by atoms with Crippen molar-refractivity contribution < 1.29 is 28.6 Å². The fourth-order valence-corrected chi connectivity index (χ4v) is 3.07. The number of anilines is 1. The van der Waals surface area contributed by atoms with Crippen LogP contribution in [0, 0.1) is 5.92 Å². The fourth-order valence-electron chi connectivity index (χ4n) is 3.07. The van der Waals surface area contributed by atoms with Crippen molar-refractivity contribution in [2.45, 2.75) is 6.54 Å². The zero-order chi connectivity index (χ0) is 20.4. The summed E-state index contributed by atoms with van der Waals surface area (Å²) >= 11 is 0. The number of urea groups is 1. The van der Waals surface area contributed by atoms with E-state index in [2.05, 4.69) is 10.3 Å². The van der Waals surface area contributed by atoms with E-state index in [0.717, 1.165) is 10.5 Å². The Morgan fingerprint density at radius 1 is 1.17 bits per heavy atom. The number of barbiturate groups is 1. The molecule has 0 radical (unpaired) electrons. The van der Waals surface area contributed by atoms with Crippen LogP contribution in [0.25, 0.3) is 0 Å². The van der Waals surface area contributed by atoms with Crippen molar-refractivity contribution in [2.75, 3.05) is 18.8 Å². The second kappa shape index (κ2) is 7.63. The van der Waals surface area contributed by atoms with Crippen LogP contribution in [-0.4, -0.2) is 38.0 Å². The summed E-state index contributed by atoms with van der Waals surface area (Å²) in [5, 5.41) is 2.19. The number of amides is 4. The molecule has 1 saturated heterocycles. The summed E-state index contributed by atoms with van der Waals surface area (Å²) in [6, 6.07) is 11.1. The monoisotopic (exact) mass is 395 g/mol. The van der Waals surface area contributed by atoms with Crippen molar-refractivity contribution in [3.63, 3.8) is 0 Å². The summed E-state index contributed by atoms with van der Waals surface area (Å²) in [7, 11) is 1.43. The maximum Gasteiger partial charge on any atom is 0.335 e. The number of fused-ring (bicyclic) bond motifs is 1. The minimum atomic E-state index is -1.23. The van der Waals surface area contributed by atoms with Crippen LogP contribution in [0.15, 0.2) is 47.5 Å². The predicted molar refractivity (Wildman–Crippen MR) is 102 cm³/mol. The van der Waals surface area contributed by atoms with Gasteiger partial charge in [-0.1, -0.05) is 18.2 Å². The highest BCUT2D eigenvalue weighted by Gasteiger charge is 2.41. The van der Waals surface area contributed by atoms with Gasteiger partial charge in [0.05, 0.1) is 19.3 Å². The lowest BCUT2D eigenvalue weighted by molar-refractivity contribution is -0.131. The van der Waals surface area contributed by atoms with Crippen molar-refractivity contribution in [1.29, 1.82) is 0 Å². The third-order valence-corrected chi connectivity index (χ3v) is 4.49. The molecule has 0 aliphatic carbocycles. The zero-order valence-corrected chi connectivity index (χ0v) is 15.5. The fraction of sp³-hybridized carbons (Fsp3) is 0.200. The Labute approximate surface area is 165 Å². The van der Waals surface area contributed by atoms with Crippen molar-refractivity contribution in [1.82, 2.24) is 5.32 Å². The van der Waals surface area contributed by atoms with Gasteiger partial charge < -0.3 is 14.2 Å². The number of hydrogen-bond acceptors (Lipinski definition) is 7. The van der Waals surface area contributed by atoms with Gasteiger partial charge in [-0.3, -0.25) is 19.9 Å². The van der Waals surface area contributed by atoms with Crippen molar-refractivity contribution in [3.05, 3.63) is 48.0 Å². The summed E-state index contributed by atoms with van der Waals surface area (Å²) in [5.41, 5.74) is 1.07. The van der Waals surface area contributed by atoms with Gasteiger partial charge in [0, 0.05) is 6.21 Å². The van der Waals surface area contributed by atoms with Crippen molar-refractivity contribution in [3.8, 4) is 17.2 Å². The molecule has 1 fully saturated rings. The lowest BCUT2D eigenvalue weighted by Gasteiger charge is -2.29. The third kappa shape index (κ3) is 3.49. The SMILES string of the molecule is COc1ccccc1N1C(=O)NC(=O)[C@H](C=NCc2ccc3c(c2)OCO3)C1=O. The molecule has 0 bridgehead atoms. The molecule has 0 aromatic heterocycles. The lowest BCUT2D eigenvalue weighted by Crippen LogP contribution is -2.58. The first-order valence-electron chi connectivity index (χ1n) is 8.79. The van der Waals surface area contributed by atoms with Gasteiger partial charge in [0.2, 0.25) is 12.7 Å². The second-order valence-corrected chi connectivity index (χ2v) is 6.29. The Morgan fingerprint density at radius 2 is 1.97 bits per heavy atom. The van der Waals surface area contributed by atoms with E-state index >= 15 is 0 Å². The number of nitrogens with one attached hydrogen (secondary N) is 1. The molecule has 0 spiro atoms. The second-order valence-electron chi connectivity index (χ2n) is 6.29. The number of methoxy groups -OCH3 is 1. The molecule has 1 N–H and O–H groups in total. The Kier molecular flexibility index (Phi) is 4.86. The summed E-state index contributed by atoms with van der Waals surface area (Å²) in [4.78, 5) is 42.5. The molecule has 29 heavy (non-hydrogen) atoms. The topological polar surface area (TPSA) is 107 Å². The molecular weight excluding hydrogens is 378 g/mol. The molecule has 0 unspecified atom stereocenters. The maximum absolute atomic E-state index is 12.9. The molecule has 2 aliphatic heterocycles. The van der Waals surface area contributed by atoms with Gasteiger partial charge in [0.25, 0.3) is 5.91 Å². The van der Waals surface area contributed by atoms with Crippen LogP contribution >= 0.6 is 0 Å². The van der Waals surface area contributed by atoms with Gasteiger partial charge in [0.1, 0.15) is 5.75 Å². The van der Waals surface area contributed by atoms with Gasteiger partial charge >= 0.3 is 6.03 Å². The predicted octanol–water partition coefficient (Wildman–Crippen LogP) is 1.89. The Balaban J connectivity index is 1.53. The van der Waals surface area contributed by atoms with E-state index in [1.54, 1.807) is 36.4 Å². The average molecular weight is 395 g/mol. The molecule has 1 atom stereocenters. The first kappa shape index (κ1) is 18.5. The van der Waals surface area contributed by atoms with Crippen molar-refractivity contribution in [2.24, 2.45) is 10.9 Å². The van der Waals surface area contributed by atoms with E-state index in [-0.39, 0.29) is 19.0 Å². The summed E-state index contributed by atoms with van der Waals surface area (Å²) in [5.74, 6) is -1.03. The van der Waals surface area contributed by atoms with Crippen LogP contribution in [0.3, 0.4) is 0 Å².